The molecule has 1 amide bonds. The van der Waals surface area contributed by atoms with Crippen LogP contribution in [-0.4, -0.2) is 43.2 Å². The summed E-state index contributed by atoms with van der Waals surface area (Å²) in [5, 5.41) is 3.27. The Morgan fingerprint density at radius 3 is 2.48 bits per heavy atom. The van der Waals surface area contributed by atoms with E-state index < -0.39 is 10.0 Å². The van der Waals surface area contributed by atoms with Crippen LogP contribution in [0.5, 0.6) is 0 Å². The standard InChI is InChI=1S/C26H28N2O3S2/c1-2-16-27(33(30,31)19-15-21-9-5-3-6-10-21)20-25(29)28-17-13-24-23(14-18-32-24)26(28)22-11-7-4-8-12-22/h3-12,14-15,18-19,26H,2,13,16-17,20H2,1H3. The van der Waals surface area contributed by atoms with Crippen LogP contribution in [0.3, 0.4) is 0 Å². The first kappa shape index (κ1) is 23.4. The van der Waals surface area contributed by atoms with E-state index in [1.807, 2.05) is 72.5 Å². The quantitative estimate of drug-likeness (QED) is 0.459. The Labute approximate surface area is 200 Å². The van der Waals surface area contributed by atoms with Crippen LogP contribution in [0, 0.1) is 0 Å². The molecule has 33 heavy (non-hydrogen) atoms. The van der Waals surface area contributed by atoms with E-state index in [4.69, 9.17) is 0 Å². The highest BCUT2D eigenvalue weighted by molar-refractivity contribution is 7.92. The summed E-state index contributed by atoms with van der Waals surface area (Å²) in [7, 11) is -3.74. The van der Waals surface area contributed by atoms with Crippen LogP contribution >= 0.6 is 11.3 Å². The third-order valence-electron chi connectivity index (χ3n) is 5.78. The number of sulfonamides is 1. The second-order valence-corrected chi connectivity index (χ2v) is 10.9. The summed E-state index contributed by atoms with van der Waals surface area (Å²) in [6.07, 6.45) is 2.99. The normalized spacial score (nSPS) is 16.3. The third kappa shape index (κ3) is 5.43. The van der Waals surface area contributed by atoms with Gasteiger partial charge in [0.05, 0.1) is 12.6 Å². The second-order valence-electron chi connectivity index (χ2n) is 8.04. The number of benzene rings is 2. The molecule has 0 spiro atoms. The number of carbonyl (C=O) groups excluding carboxylic acids is 1. The average molecular weight is 481 g/mol. The number of rotatable bonds is 8. The topological polar surface area (TPSA) is 57.7 Å². The molecule has 4 rings (SSSR count). The molecule has 1 aromatic heterocycles. The van der Waals surface area contributed by atoms with E-state index >= 15 is 0 Å². The highest BCUT2D eigenvalue weighted by atomic mass is 32.2. The number of hydrogen-bond donors (Lipinski definition) is 0. The molecule has 0 saturated heterocycles. The highest BCUT2D eigenvalue weighted by Crippen LogP contribution is 2.37. The number of amides is 1. The molecule has 5 nitrogen and oxygen atoms in total. The van der Waals surface area contributed by atoms with Crippen molar-refractivity contribution >= 4 is 33.3 Å². The third-order valence-corrected chi connectivity index (χ3v) is 8.29. The first-order valence-electron chi connectivity index (χ1n) is 11.1. The zero-order valence-electron chi connectivity index (χ0n) is 18.6. The fourth-order valence-corrected chi connectivity index (χ4v) is 6.31. The maximum Gasteiger partial charge on any atom is 0.238 e. The monoisotopic (exact) mass is 480 g/mol. The van der Waals surface area contributed by atoms with Gasteiger partial charge in [-0.15, -0.1) is 11.3 Å². The Balaban J connectivity index is 1.58. The van der Waals surface area contributed by atoms with E-state index in [9.17, 15) is 13.2 Å². The van der Waals surface area contributed by atoms with Crippen molar-refractivity contribution in [3.05, 3.63) is 99.1 Å². The number of thiophene rings is 1. The van der Waals surface area contributed by atoms with Crippen LogP contribution in [-0.2, 0) is 21.2 Å². The van der Waals surface area contributed by atoms with Crippen molar-refractivity contribution in [1.82, 2.24) is 9.21 Å². The SMILES string of the molecule is CCCN(CC(=O)N1CCc2sccc2C1c1ccccc1)S(=O)(=O)C=Cc1ccccc1. The molecule has 1 atom stereocenters. The van der Waals surface area contributed by atoms with Crippen molar-refractivity contribution < 1.29 is 13.2 Å². The predicted octanol–water partition coefficient (Wildman–Crippen LogP) is 4.93. The number of carbonyl (C=O) groups is 1. The molecule has 2 aromatic carbocycles. The zero-order valence-corrected chi connectivity index (χ0v) is 20.3. The van der Waals surface area contributed by atoms with Crippen LogP contribution in [0.4, 0.5) is 0 Å². The van der Waals surface area contributed by atoms with Crippen LogP contribution in [0.25, 0.3) is 6.08 Å². The van der Waals surface area contributed by atoms with Crippen molar-refractivity contribution in [2.45, 2.75) is 25.8 Å². The second kappa shape index (κ2) is 10.5. The molecule has 1 unspecified atom stereocenters. The van der Waals surface area contributed by atoms with E-state index in [0.29, 0.717) is 19.5 Å². The van der Waals surface area contributed by atoms with Crippen LogP contribution in [0.1, 0.15) is 41.0 Å². The first-order chi connectivity index (χ1) is 16.0. The van der Waals surface area contributed by atoms with Gasteiger partial charge < -0.3 is 4.90 Å². The molecule has 0 aliphatic carbocycles. The number of hydrogen-bond acceptors (Lipinski definition) is 4. The molecule has 7 heteroatoms. The van der Waals surface area contributed by atoms with Gasteiger partial charge in [-0.05, 0) is 47.1 Å². The molecule has 2 heterocycles. The number of nitrogens with zero attached hydrogens (tertiary/aromatic N) is 2. The summed E-state index contributed by atoms with van der Waals surface area (Å²) < 4.78 is 27.5. The van der Waals surface area contributed by atoms with Gasteiger partial charge >= 0.3 is 0 Å². The van der Waals surface area contributed by atoms with Gasteiger partial charge in [0.1, 0.15) is 0 Å². The smallest absolute Gasteiger partial charge is 0.238 e. The summed E-state index contributed by atoms with van der Waals surface area (Å²) in [6, 6.07) is 21.1. The van der Waals surface area contributed by atoms with E-state index in [1.165, 1.54) is 14.6 Å². The first-order valence-corrected chi connectivity index (χ1v) is 13.5. The Hall–Kier alpha value is -2.74. The van der Waals surface area contributed by atoms with Gasteiger partial charge in [-0.25, -0.2) is 8.42 Å². The van der Waals surface area contributed by atoms with Crippen molar-refractivity contribution in [3.8, 4) is 0 Å². The Morgan fingerprint density at radius 2 is 1.79 bits per heavy atom. The van der Waals surface area contributed by atoms with E-state index in [-0.39, 0.29) is 18.5 Å². The van der Waals surface area contributed by atoms with E-state index in [1.54, 1.807) is 17.4 Å². The van der Waals surface area contributed by atoms with Gasteiger partial charge in [0.2, 0.25) is 15.9 Å². The summed E-state index contributed by atoms with van der Waals surface area (Å²) >= 11 is 1.71. The zero-order chi connectivity index (χ0) is 23.3. The highest BCUT2D eigenvalue weighted by Gasteiger charge is 2.34. The molecule has 0 N–H and O–H groups in total. The number of fused-ring (bicyclic) bond motifs is 1. The van der Waals surface area contributed by atoms with Gasteiger partial charge in [0.15, 0.2) is 0 Å². The lowest BCUT2D eigenvalue weighted by Gasteiger charge is -2.37. The Morgan fingerprint density at radius 1 is 1.09 bits per heavy atom. The lowest BCUT2D eigenvalue weighted by molar-refractivity contribution is -0.133. The minimum Gasteiger partial charge on any atom is -0.330 e. The van der Waals surface area contributed by atoms with Gasteiger partial charge in [0.25, 0.3) is 0 Å². The maximum atomic E-state index is 13.5. The van der Waals surface area contributed by atoms with Crippen molar-refractivity contribution in [2.24, 2.45) is 0 Å². The Kier molecular flexibility index (Phi) is 7.42. The van der Waals surface area contributed by atoms with E-state index in [0.717, 1.165) is 23.1 Å². The van der Waals surface area contributed by atoms with Crippen LogP contribution in [0.15, 0.2) is 77.5 Å². The fraction of sp³-hybridized carbons (Fsp3) is 0.269. The molecule has 0 bridgehead atoms. The molecule has 1 aliphatic heterocycles. The minimum absolute atomic E-state index is 0.169. The molecule has 0 radical (unpaired) electrons. The van der Waals surface area contributed by atoms with Crippen molar-refractivity contribution in [2.75, 3.05) is 19.6 Å². The molecule has 1 aliphatic rings. The van der Waals surface area contributed by atoms with Gasteiger partial charge in [-0.2, -0.15) is 4.31 Å². The largest absolute Gasteiger partial charge is 0.330 e. The molecule has 3 aromatic rings. The van der Waals surface area contributed by atoms with Crippen LogP contribution in [0.2, 0.25) is 0 Å². The lowest BCUT2D eigenvalue weighted by atomic mass is 9.93. The summed E-state index contributed by atoms with van der Waals surface area (Å²) in [5.41, 5.74) is 2.98. The average Bonchev–Trinajstić information content (AvgIpc) is 3.32. The molecule has 172 valence electrons. The fourth-order valence-electron chi connectivity index (χ4n) is 4.18. The minimum atomic E-state index is -3.74. The van der Waals surface area contributed by atoms with Gasteiger partial charge in [0, 0.05) is 23.4 Å². The van der Waals surface area contributed by atoms with Crippen molar-refractivity contribution in [1.29, 1.82) is 0 Å². The summed E-state index contributed by atoms with van der Waals surface area (Å²) in [4.78, 5) is 16.6. The maximum absolute atomic E-state index is 13.5. The van der Waals surface area contributed by atoms with Gasteiger partial charge in [-0.1, -0.05) is 67.6 Å². The molecule has 0 fully saturated rings. The van der Waals surface area contributed by atoms with E-state index in [2.05, 4.69) is 11.4 Å². The molecule has 0 saturated carbocycles. The molecular formula is C26H28N2O3S2. The molecular weight excluding hydrogens is 452 g/mol. The summed E-state index contributed by atoms with van der Waals surface area (Å²) in [5.74, 6) is -0.175. The predicted molar refractivity (Wildman–Crippen MR) is 134 cm³/mol. The van der Waals surface area contributed by atoms with Gasteiger partial charge in [-0.3, -0.25) is 4.79 Å². The van der Waals surface area contributed by atoms with Crippen molar-refractivity contribution in [3.63, 3.8) is 0 Å². The lowest BCUT2D eigenvalue weighted by Crippen LogP contribution is -2.46. The Bertz CT molecular complexity index is 1200. The summed E-state index contributed by atoms with van der Waals surface area (Å²) in [6.45, 7) is 2.61. The van der Waals surface area contributed by atoms with Crippen LogP contribution < -0.4 is 0 Å².